The van der Waals surface area contributed by atoms with Gasteiger partial charge < -0.3 is 5.73 Å². The van der Waals surface area contributed by atoms with Gasteiger partial charge in [-0.25, -0.2) is 0 Å². The Morgan fingerprint density at radius 3 is 2.09 bits per heavy atom. The molecule has 66 valence electrons. The van der Waals surface area contributed by atoms with Gasteiger partial charge in [-0.15, -0.1) is 0 Å². The van der Waals surface area contributed by atoms with Crippen LogP contribution in [0.15, 0.2) is 0 Å². The van der Waals surface area contributed by atoms with Crippen molar-refractivity contribution in [3.8, 4) is 0 Å². The summed E-state index contributed by atoms with van der Waals surface area (Å²) in [4.78, 5) is 11.4. The number of hydrogen-bond donors (Lipinski definition) is 1. The Morgan fingerprint density at radius 1 is 1.55 bits per heavy atom. The quantitative estimate of drug-likeness (QED) is 0.673. The van der Waals surface area contributed by atoms with Crippen molar-refractivity contribution in [3.63, 3.8) is 0 Å². The van der Waals surface area contributed by atoms with Gasteiger partial charge in [0.25, 0.3) is 0 Å². The highest BCUT2D eigenvalue weighted by atomic mass is 16.1. The summed E-state index contributed by atoms with van der Waals surface area (Å²) in [6.07, 6.45) is 0.876. The highest BCUT2D eigenvalue weighted by Gasteiger charge is 2.32. The van der Waals surface area contributed by atoms with Crippen molar-refractivity contribution < 1.29 is 4.79 Å². The van der Waals surface area contributed by atoms with Gasteiger partial charge in [-0.2, -0.15) is 0 Å². The summed E-state index contributed by atoms with van der Waals surface area (Å²) in [5, 5.41) is 0. The normalized spacial score (nSPS) is 16.5. The van der Waals surface area contributed by atoms with Crippen molar-refractivity contribution in [1.29, 1.82) is 0 Å². The molecule has 0 aromatic rings. The Labute approximate surface area is 69.2 Å². The number of nitrogens with two attached hydrogens (primary N) is 1. The topological polar surface area (TPSA) is 43.1 Å². The standard InChI is InChI=1S/C9H19NO/c1-5-9(4,7(2)3)8(11)6-10/h7H,5-6,10H2,1-4H3. The third-order valence-electron chi connectivity index (χ3n) is 2.83. The minimum Gasteiger partial charge on any atom is -0.324 e. The van der Waals surface area contributed by atoms with Crippen molar-refractivity contribution in [2.24, 2.45) is 17.1 Å². The van der Waals surface area contributed by atoms with Gasteiger partial charge in [-0.05, 0) is 12.3 Å². The molecule has 2 nitrogen and oxygen atoms in total. The van der Waals surface area contributed by atoms with Crippen LogP contribution in [0.3, 0.4) is 0 Å². The molecule has 0 fully saturated rings. The molecule has 0 aliphatic rings. The van der Waals surface area contributed by atoms with Crippen LogP contribution < -0.4 is 5.73 Å². The second-order valence-corrected chi connectivity index (χ2v) is 3.55. The Balaban J connectivity index is 4.45. The largest absolute Gasteiger partial charge is 0.324 e. The average molecular weight is 157 g/mol. The average Bonchev–Trinajstić information content (AvgIpc) is 2.01. The molecule has 0 radical (unpaired) electrons. The second-order valence-electron chi connectivity index (χ2n) is 3.55. The minimum absolute atomic E-state index is 0.169. The number of carbonyl (C=O) groups is 1. The summed E-state index contributed by atoms with van der Waals surface area (Å²) in [5.74, 6) is 0.554. The van der Waals surface area contributed by atoms with Crippen LogP contribution in [0.5, 0.6) is 0 Å². The first kappa shape index (κ1) is 10.6. The molecule has 2 heteroatoms. The third kappa shape index (κ3) is 2.03. The van der Waals surface area contributed by atoms with Crippen molar-refractivity contribution in [2.45, 2.75) is 34.1 Å². The molecule has 0 amide bonds. The first-order valence-electron chi connectivity index (χ1n) is 4.22. The van der Waals surface area contributed by atoms with E-state index in [1.807, 2.05) is 13.8 Å². The molecule has 11 heavy (non-hydrogen) atoms. The molecule has 0 aliphatic carbocycles. The molecule has 0 saturated carbocycles. The van der Waals surface area contributed by atoms with Crippen LogP contribution in [0, 0.1) is 11.3 Å². The maximum absolute atomic E-state index is 11.4. The predicted molar refractivity (Wildman–Crippen MR) is 47.3 cm³/mol. The Morgan fingerprint density at radius 2 is 2.00 bits per heavy atom. The van der Waals surface area contributed by atoms with Crippen molar-refractivity contribution in [3.05, 3.63) is 0 Å². The highest BCUT2D eigenvalue weighted by Crippen LogP contribution is 2.31. The highest BCUT2D eigenvalue weighted by molar-refractivity contribution is 5.86. The molecule has 0 saturated heterocycles. The summed E-state index contributed by atoms with van der Waals surface area (Å²) < 4.78 is 0. The van der Waals surface area contributed by atoms with Gasteiger partial charge in [0.1, 0.15) is 0 Å². The van der Waals surface area contributed by atoms with E-state index in [9.17, 15) is 4.79 Å². The maximum Gasteiger partial charge on any atom is 0.152 e. The van der Waals surface area contributed by atoms with E-state index < -0.39 is 0 Å². The number of rotatable bonds is 4. The third-order valence-corrected chi connectivity index (χ3v) is 2.83. The summed E-state index contributed by atoms with van der Waals surface area (Å²) in [6.45, 7) is 8.33. The van der Waals surface area contributed by atoms with E-state index in [2.05, 4.69) is 13.8 Å². The molecular weight excluding hydrogens is 138 g/mol. The fourth-order valence-corrected chi connectivity index (χ4v) is 1.16. The number of ketones is 1. The lowest BCUT2D eigenvalue weighted by atomic mass is 9.73. The van der Waals surface area contributed by atoms with Crippen molar-refractivity contribution in [1.82, 2.24) is 0 Å². The fraction of sp³-hybridized carbons (Fsp3) is 0.889. The predicted octanol–water partition coefficient (Wildman–Crippen LogP) is 1.59. The van der Waals surface area contributed by atoms with Crippen LogP contribution >= 0.6 is 0 Å². The van der Waals surface area contributed by atoms with Gasteiger partial charge in [-0.1, -0.05) is 27.7 Å². The molecule has 0 bridgehead atoms. The molecule has 1 atom stereocenters. The van der Waals surface area contributed by atoms with Crippen LogP contribution in [-0.2, 0) is 4.79 Å². The lowest BCUT2D eigenvalue weighted by molar-refractivity contribution is -0.128. The van der Waals surface area contributed by atoms with Crippen molar-refractivity contribution >= 4 is 5.78 Å². The van der Waals surface area contributed by atoms with E-state index in [-0.39, 0.29) is 17.7 Å². The smallest absolute Gasteiger partial charge is 0.152 e. The molecule has 0 aromatic carbocycles. The van der Waals surface area contributed by atoms with Crippen LogP contribution in [0.1, 0.15) is 34.1 Å². The Kier molecular flexibility index (Phi) is 3.73. The van der Waals surface area contributed by atoms with Crippen LogP contribution in [0.2, 0.25) is 0 Å². The zero-order valence-corrected chi connectivity index (χ0v) is 7.98. The van der Waals surface area contributed by atoms with E-state index in [1.54, 1.807) is 0 Å². The van der Waals surface area contributed by atoms with Crippen LogP contribution in [0.4, 0.5) is 0 Å². The zero-order valence-electron chi connectivity index (χ0n) is 7.98. The zero-order chi connectivity index (χ0) is 9.07. The first-order valence-corrected chi connectivity index (χ1v) is 4.22. The number of hydrogen-bond acceptors (Lipinski definition) is 2. The van der Waals surface area contributed by atoms with Crippen LogP contribution in [0.25, 0.3) is 0 Å². The molecule has 1 unspecified atom stereocenters. The van der Waals surface area contributed by atoms with Crippen molar-refractivity contribution in [2.75, 3.05) is 6.54 Å². The van der Waals surface area contributed by atoms with Gasteiger partial charge in [0.2, 0.25) is 0 Å². The summed E-state index contributed by atoms with van der Waals surface area (Å²) in [5.41, 5.74) is 5.11. The van der Waals surface area contributed by atoms with E-state index in [1.165, 1.54) is 0 Å². The molecule has 2 N–H and O–H groups in total. The lowest BCUT2D eigenvalue weighted by Gasteiger charge is -2.30. The monoisotopic (exact) mass is 157 g/mol. The second kappa shape index (κ2) is 3.86. The SMILES string of the molecule is CCC(C)(C(=O)CN)C(C)C. The van der Waals surface area contributed by atoms with Gasteiger partial charge in [0.05, 0.1) is 6.54 Å². The molecule has 0 aliphatic heterocycles. The number of carbonyl (C=O) groups excluding carboxylic acids is 1. The lowest BCUT2D eigenvalue weighted by Crippen LogP contribution is -2.37. The molecular formula is C9H19NO. The molecule has 0 rings (SSSR count). The summed E-state index contributed by atoms with van der Waals surface area (Å²) >= 11 is 0. The minimum atomic E-state index is -0.214. The van der Waals surface area contributed by atoms with E-state index >= 15 is 0 Å². The van der Waals surface area contributed by atoms with E-state index in [0.29, 0.717) is 5.92 Å². The van der Waals surface area contributed by atoms with E-state index in [0.717, 1.165) is 6.42 Å². The summed E-state index contributed by atoms with van der Waals surface area (Å²) in [6, 6.07) is 0. The Hall–Kier alpha value is -0.370. The van der Waals surface area contributed by atoms with Gasteiger partial charge in [-0.3, -0.25) is 4.79 Å². The molecule has 0 aromatic heterocycles. The Bertz CT molecular complexity index is 142. The number of Topliss-reactive ketones (excluding diaryl/α,β-unsaturated/α-hetero) is 1. The van der Waals surface area contributed by atoms with Gasteiger partial charge in [0, 0.05) is 5.41 Å². The van der Waals surface area contributed by atoms with E-state index in [4.69, 9.17) is 5.73 Å². The molecule has 0 spiro atoms. The first-order chi connectivity index (χ1) is 4.99. The van der Waals surface area contributed by atoms with Crippen LogP contribution in [-0.4, -0.2) is 12.3 Å². The molecule has 0 heterocycles. The van der Waals surface area contributed by atoms with Gasteiger partial charge >= 0.3 is 0 Å². The van der Waals surface area contributed by atoms with Gasteiger partial charge in [0.15, 0.2) is 5.78 Å². The summed E-state index contributed by atoms with van der Waals surface area (Å²) in [7, 11) is 0. The maximum atomic E-state index is 11.4. The fourth-order valence-electron chi connectivity index (χ4n) is 1.16.